The summed E-state index contributed by atoms with van der Waals surface area (Å²) in [4.78, 5) is 22.6. The Bertz CT molecular complexity index is 672. The van der Waals surface area contributed by atoms with Crippen LogP contribution in [0.2, 0.25) is 0 Å². The lowest BCUT2D eigenvalue weighted by Gasteiger charge is -2.08. The lowest BCUT2D eigenvalue weighted by atomic mass is 9.96. The van der Waals surface area contributed by atoms with Crippen LogP contribution in [0, 0.1) is 0 Å². The van der Waals surface area contributed by atoms with Crippen LogP contribution in [0.3, 0.4) is 0 Å². The highest BCUT2D eigenvalue weighted by atomic mass is 16.5. The fraction of sp³-hybridized carbons (Fsp3) is 0.111. The van der Waals surface area contributed by atoms with E-state index in [0.29, 0.717) is 12.2 Å². The summed E-state index contributed by atoms with van der Waals surface area (Å²) < 4.78 is 4.87. The zero-order chi connectivity index (χ0) is 15.1. The van der Waals surface area contributed by atoms with Crippen LogP contribution in [0.4, 0.5) is 0 Å². The van der Waals surface area contributed by atoms with Crippen molar-refractivity contribution >= 4 is 18.3 Å². The zero-order valence-corrected chi connectivity index (χ0v) is 11.8. The van der Waals surface area contributed by atoms with E-state index in [1.807, 2.05) is 42.5 Å². The SMILES string of the molecule is CCOC(=O)/C=C\c1ccccc1-c1ccccc1C=O. The van der Waals surface area contributed by atoms with E-state index in [1.165, 1.54) is 6.08 Å². The van der Waals surface area contributed by atoms with Crippen molar-refractivity contribution in [1.82, 2.24) is 0 Å². The van der Waals surface area contributed by atoms with Gasteiger partial charge in [0.15, 0.2) is 6.29 Å². The minimum Gasteiger partial charge on any atom is -0.463 e. The second kappa shape index (κ2) is 7.20. The quantitative estimate of drug-likeness (QED) is 0.476. The van der Waals surface area contributed by atoms with E-state index in [2.05, 4.69) is 0 Å². The predicted octanol–water partition coefficient (Wildman–Crippen LogP) is 3.74. The fourth-order valence-corrected chi connectivity index (χ4v) is 2.08. The highest BCUT2D eigenvalue weighted by Gasteiger charge is 2.07. The maximum atomic E-state index is 11.4. The van der Waals surface area contributed by atoms with Crippen molar-refractivity contribution in [3.8, 4) is 11.1 Å². The first-order chi connectivity index (χ1) is 10.3. The third-order valence-corrected chi connectivity index (χ3v) is 3.02. The van der Waals surface area contributed by atoms with Gasteiger partial charge in [-0.15, -0.1) is 0 Å². The normalized spacial score (nSPS) is 10.5. The van der Waals surface area contributed by atoms with E-state index >= 15 is 0 Å². The molecule has 0 N–H and O–H groups in total. The Kier molecular flexibility index (Phi) is 5.04. The van der Waals surface area contributed by atoms with Crippen molar-refractivity contribution in [2.75, 3.05) is 6.61 Å². The second-order valence-electron chi connectivity index (χ2n) is 4.38. The Morgan fingerprint density at radius 2 is 1.57 bits per heavy atom. The summed E-state index contributed by atoms with van der Waals surface area (Å²) in [5, 5.41) is 0. The van der Waals surface area contributed by atoms with Crippen molar-refractivity contribution < 1.29 is 14.3 Å². The van der Waals surface area contributed by atoms with Crippen LogP contribution in [-0.4, -0.2) is 18.9 Å². The highest BCUT2D eigenvalue weighted by Crippen LogP contribution is 2.27. The van der Waals surface area contributed by atoms with Gasteiger partial charge in [-0.3, -0.25) is 4.79 Å². The van der Waals surface area contributed by atoms with Crippen LogP contribution in [0.5, 0.6) is 0 Å². The standard InChI is InChI=1S/C18H16O3/c1-2-21-18(20)12-11-14-7-3-5-9-16(14)17-10-6-4-8-15(17)13-19/h3-13H,2H2,1H3/b12-11-. The molecule has 21 heavy (non-hydrogen) atoms. The van der Waals surface area contributed by atoms with Gasteiger partial charge < -0.3 is 4.74 Å². The van der Waals surface area contributed by atoms with Gasteiger partial charge in [0.05, 0.1) is 6.61 Å². The van der Waals surface area contributed by atoms with Crippen molar-refractivity contribution in [1.29, 1.82) is 0 Å². The van der Waals surface area contributed by atoms with Crippen molar-refractivity contribution in [3.05, 3.63) is 65.7 Å². The molecular weight excluding hydrogens is 264 g/mol. The topological polar surface area (TPSA) is 43.4 Å². The molecule has 0 aliphatic rings. The molecule has 3 heteroatoms. The molecule has 0 bridgehead atoms. The minimum absolute atomic E-state index is 0.346. The number of esters is 1. The van der Waals surface area contributed by atoms with Crippen LogP contribution >= 0.6 is 0 Å². The van der Waals surface area contributed by atoms with Gasteiger partial charge in [0.25, 0.3) is 0 Å². The molecule has 0 saturated carbocycles. The van der Waals surface area contributed by atoms with Gasteiger partial charge in [0.1, 0.15) is 0 Å². The molecule has 0 aliphatic carbocycles. The Morgan fingerprint density at radius 1 is 1.00 bits per heavy atom. The van der Waals surface area contributed by atoms with Crippen LogP contribution < -0.4 is 0 Å². The zero-order valence-electron chi connectivity index (χ0n) is 11.8. The molecule has 0 unspecified atom stereocenters. The van der Waals surface area contributed by atoms with Crippen LogP contribution in [-0.2, 0) is 9.53 Å². The highest BCUT2D eigenvalue weighted by molar-refractivity contribution is 5.92. The summed E-state index contributed by atoms with van der Waals surface area (Å²) in [6, 6.07) is 15.0. The average Bonchev–Trinajstić information content (AvgIpc) is 2.53. The van der Waals surface area contributed by atoms with E-state index in [9.17, 15) is 9.59 Å². The van der Waals surface area contributed by atoms with Gasteiger partial charge in [-0.2, -0.15) is 0 Å². The van der Waals surface area contributed by atoms with E-state index in [0.717, 1.165) is 23.0 Å². The second-order valence-corrected chi connectivity index (χ2v) is 4.38. The lowest BCUT2D eigenvalue weighted by Crippen LogP contribution is -1.98. The average molecular weight is 280 g/mol. The van der Waals surface area contributed by atoms with E-state index in [-0.39, 0.29) is 5.97 Å². The summed E-state index contributed by atoms with van der Waals surface area (Å²) in [6.07, 6.45) is 3.93. The maximum Gasteiger partial charge on any atom is 0.330 e. The van der Waals surface area contributed by atoms with E-state index in [4.69, 9.17) is 4.74 Å². The summed E-state index contributed by atoms with van der Waals surface area (Å²) in [5.41, 5.74) is 3.23. The van der Waals surface area contributed by atoms with Crippen LogP contribution in [0.1, 0.15) is 22.8 Å². The third kappa shape index (κ3) is 3.66. The number of carbonyl (C=O) groups excluding carboxylic acids is 2. The lowest BCUT2D eigenvalue weighted by molar-refractivity contribution is -0.137. The number of hydrogen-bond acceptors (Lipinski definition) is 3. The number of hydrogen-bond donors (Lipinski definition) is 0. The number of benzene rings is 2. The largest absolute Gasteiger partial charge is 0.463 e. The van der Waals surface area contributed by atoms with Crippen LogP contribution in [0.25, 0.3) is 17.2 Å². The summed E-state index contributed by atoms with van der Waals surface area (Å²) in [7, 11) is 0. The number of carbonyl (C=O) groups is 2. The first kappa shape index (κ1) is 14.7. The first-order valence-electron chi connectivity index (χ1n) is 6.74. The molecule has 106 valence electrons. The molecule has 2 rings (SSSR count). The van der Waals surface area contributed by atoms with E-state index < -0.39 is 0 Å². The van der Waals surface area contributed by atoms with Gasteiger partial charge in [-0.1, -0.05) is 48.5 Å². The van der Waals surface area contributed by atoms with Gasteiger partial charge in [-0.25, -0.2) is 4.79 Å². The van der Waals surface area contributed by atoms with Crippen molar-refractivity contribution in [3.63, 3.8) is 0 Å². The maximum absolute atomic E-state index is 11.4. The predicted molar refractivity (Wildman–Crippen MR) is 82.9 cm³/mol. The molecule has 0 saturated heterocycles. The molecule has 0 aromatic heterocycles. The molecule has 3 nitrogen and oxygen atoms in total. The van der Waals surface area contributed by atoms with Gasteiger partial charge in [0, 0.05) is 11.6 Å². The molecule has 2 aromatic rings. The number of rotatable bonds is 5. The number of aldehydes is 1. The molecule has 0 aliphatic heterocycles. The molecule has 0 amide bonds. The van der Waals surface area contributed by atoms with Gasteiger partial charge >= 0.3 is 5.97 Å². The molecule has 0 radical (unpaired) electrons. The smallest absolute Gasteiger partial charge is 0.330 e. The summed E-state index contributed by atoms with van der Waals surface area (Å²) in [5.74, 6) is -0.379. The van der Waals surface area contributed by atoms with Gasteiger partial charge in [0.2, 0.25) is 0 Å². The number of ether oxygens (including phenoxy) is 1. The summed E-state index contributed by atoms with van der Waals surface area (Å²) >= 11 is 0. The monoisotopic (exact) mass is 280 g/mol. The summed E-state index contributed by atoms with van der Waals surface area (Å²) in [6.45, 7) is 2.11. The Morgan fingerprint density at radius 3 is 2.19 bits per heavy atom. The van der Waals surface area contributed by atoms with Crippen molar-refractivity contribution in [2.24, 2.45) is 0 Å². The molecular formula is C18H16O3. The Balaban J connectivity index is 2.42. The van der Waals surface area contributed by atoms with Crippen LogP contribution in [0.15, 0.2) is 54.6 Å². The molecule has 2 aromatic carbocycles. The third-order valence-electron chi connectivity index (χ3n) is 3.02. The first-order valence-corrected chi connectivity index (χ1v) is 6.74. The minimum atomic E-state index is -0.379. The Hall–Kier alpha value is -2.68. The molecule has 0 spiro atoms. The molecule has 0 atom stereocenters. The van der Waals surface area contributed by atoms with Gasteiger partial charge in [-0.05, 0) is 29.7 Å². The Labute approximate surface area is 123 Å². The van der Waals surface area contributed by atoms with Crippen molar-refractivity contribution in [2.45, 2.75) is 6.92 Å². The fourth-order valence-electron chi connectivity index (χ4n) is 2.08. The van der Waals surface area contributed by atoms with E-state index in [1.54, 1.807) is 19.1 Å². The molecule has 0 fully saturated rings. The molecule has 0 heterocycles.